The van der Waals surface area contributed by atoms with E-state index in [0.29, 0.717) is 44.7 Å². The van der Waals surface area contributed by atoms with Crippen LogP contribution in [0.15, 0.2) is 36.7 Å². The van der Waals surface area contributed by atoms with Crippen molar-refractivity contribution in [3.05, 3.63) is 53.6 Å². The number of nitrogens with zero attached hydrogens (tertiary/aromatic N) is 8. The Labute approximate surface area is 256 Å². The fraction of sp³-hybridized carbons (Fsp3) is 0.643. The van der Waals surface area contributed by atoms with Crippen molar-refractivity contribution in [3.63, 3.8) is 0 Å². The van der Waals surface area contributed by atoms with Crippen LogP contribution >= 0.6 is 0 Å². The summed E-state index contributed by atoms with van der Waals surface area (Å²) in [6.45, 7) is 3.17. The number of aliphatic hydroxyl groups excluding tert-OH is 2. The van der Waals surface area contributed by atoms with Crippen molar-refractivity contribution in [3.8, 4) is 5.69 Å². The first-order valence-electron chi connectivity index (χ1n) is 14.7. The second-order valence-electron chi connectivity index (χ2n) is 11.6. The van der Waals surface area contributed by atoms with E-state index >= 15 is 0 Å². The Balaban J connectivity index is 1.19. The van der Waals surface area contributed by atoms with E-state index in [1.165, 1.54) is 11.8 Å². The van der Waals surface area contributed by atoms with Crippen LogP contribution in [0.1, 0.15) is 42.4 Å². The van der Waals surface area contributed by atoms with Gasteiger partial charge in [0.1, 0.15) is 24.9 Å². The van der Waals surface area contributed by atoms with E-state index in [1.807, 2.05) is 49.3 Å². The van der Waals surface area contributed by atoms with Crippen molar-refractivity contribution in [2.75, 3.05) is 52.0 Å². The number of benzene rings is 1. The van der Waals surface area contributed by atoms with Gasteiger partial charge in [0.25, 0.3) is 0 Å². The molecule has 0 unspecified atom stereocenters. The SMILES string of the molecule is CO[C@H](c1ccc(-n2cc(CN3CCS(=O)(=O)CC3)nn2)cc1)[C@@H](CF)n1cc(CCN(C)[C@H]2C[C@@H](C)O[C@@H](O)[C@@H]2O)nn1. The van der Waals surface area contributed by atoms with E-state index in [9.17, 15) is 23.0 Å². The zero-order valence-electron chi connectivity index (χ0n) is 25.2. The number of rotatable bonds is 12. The predicted octanol–water partition coefficient (Wildman–Crippen LogP) is 0.319. The highest BCUT2D eigenvalue weighted by Gasteiger charge is 2.37. The lowest BCUT2D eigenvalue weighted by Gasteiger charge is -2.40. The van der Waals surface area contributed by atoms with Crippen LogP contribution in [-0.2, 0) is 32.3 Å². The van der Waals surface area contributed by atoms with Gasteiger partial charge in [0.05, 0.1) is 40.9 Å². The number of methoxy groups -OCH3 is 1. The Morgan fingerprint density at radius 1 is 1.11 bits per heavy atom. The summed E-state index contributed by atoms with van der Waals surface area (Å²) < 4.78 is 52.0. The molecule has 0 aliphatic carbocycles. The zero-order valence-corrected chi connectivity index (χ0v) is 26.0. The van der Waals surface area contributed by atoms with Crippen LogP contribution in [0.5, 0.6) is 0 Å². The maximum absolute atomic E-state index is 14.4. The summed E-state index contributed by atoms with van der Waals surface area (Å²) in [4.78, 5) is 4.02. The molecule has 242 valence electrons. The minimum absolute atomic E-state index is 0.156. The molecule has 0 amide bonds. The number of ether oxygens (including phenoxy) is 2. The minimum Gasteiger partial charge on any atom is -0.386 e. The van der Waals surface area contributed by atoms with Crippen LogP contribution in [0.3, 0.4) is 0 Å². The van der Waals surface area contributed by atoms with Gasteiger partial charge in [-0.05, 0) is 38.1 Å². The molecule has 4 heterocycles. The molecule has 5 rings (SSSR count). The molecule has 0 spiro atoms. The maximum Gasteiger partial charge on any atom is 0.182 e. The fourth-order valence-electron chi connectivity index (χ4n) is 5.79. The Kier molecular flexibility index (Phi) is 10.4. The first kappa shape index (κ1) is 32.5. The lowest BCUT2D eigenvalue weighted by Crippen LogP contribution is -2.54. The second kappa shape index (κ2) is 14.1. The van der Waals surface area contributed by atoms with Crippen LogP contribution in [0.2, 0.25) is 0 Å². The normalized spacial score (nSPS) is 25.7. The number of likely N-dealkylation sites (N-methyl/N-ethyl adjacent to an activating group) is 1. The van der Waals surface area contributed by atoms with Crippen molar-refractivity contribution in [2.24, 2.45) is 0 Å². The van der Waals surface area contributed by atoms with Gasteiger partial charge in [-0.1, -0.05) is 22.6 Å². The highest BCUT2D eigenvalue weighted by molar-refractivity contribution is 7.91. The molecule has 3 aromatic rings. The Morgan fingerprint density at radius 2 is 1.82 bits per heavy atom. The molecule has 2 fully saturated rings. The van der Waals surface area contributed by atoms with Gasteiger partial charge < -0.3 is 24.6 Å². The van der Waals surface area contributed by atoms with Crippen molar-refractivity contribution in [1.29, 1.82) is 0 Å². The number of hydrogen-bond acceptors (Lipinski definition) is 12. The van der Waals surface area contributed by atoms with Gasteiger partial charge >= 0.3 is 0 Å². The predicted molar refractivity (Wildman–Crippen MR) is 157 cm³/mol. The fourth-order valence-corrected chi connectivity index (χ4v) is 7.06. The smallest absolute Gasteiger partial charge is 0.182 e. The van der Waals surface area contributed by atoms with Crippen molar-refractivity contribution in [1.82, 2.24) is 39.8 Å². The summed E-state index contributed by atoms with van der Waals surface area (Å²) in [5.74, 6) is 0.312. The third-order valence-corrected chi connectivity index (χ3v) is 10.0. The van der Waals surface area contributed by atoms with Gasteiger partial charge in [0, 0.05) is 51.9 Å². The monoisotopic (exact) mass is 636 g/mol. The van der Waals surface area contributed by atoms with Gasteiger partial charge in [-0.25, -0.2) is 22.2 Å². The van der Waals surface area contributed by atoms with Crippen LogP contribution in [0, 0.1) is 0 Å². The molecule has 0 bridgehead atoms. The van der Waals surface area contributed by atoms with Gasteiger partial charge in [-0.15, -0.1) is 10.2 Å². The van der Waals surface area contributed by atoms with E-state index in [4.69, 9.17) is 9.47 Å². The van der Waals surface area contributed by atoms with Gasteiger partial charge in [-0.3, -0.25) is 4.90 Å². The van der Waals surface area contributed by atoms with E-state index in [-0.39, 0.29) is 23.7 Å². The highest BCUT2D eigenvalue weighted by atomic mass is 32.2. The Hall–Kier alpha value is -2.86. The molecule has 6 atom stereocenters. The van der Waals surface area contributed by atoms with Crippen LogP contribution in [-0.4, -0.2) is 135 Å². The van der Waals surface area contributed by atoms with Crippen molar-refractivity contribution in [2.45, 2.75) is 63.0 Å². The summed E-state index contributed by atoms with van der Waals surface area (Å²) in [6, 6.07) is 6.41. The molecule has 2 N–H and O–H groups in total. The summed E-state index contributed by atoms with van der Waals surface area (Å²) in [5, 5.41) is 37.2. The molecule has 2 aromatic heterocycles. The molecular weight excluding hydrogens is 595 g/mol. The van der Waals surface area contributed by atoms with Crippen molar-refractivity contribution < 1.29 is 32.5 Å². The number of aromatic nitrogens is 6. The van der Waals surface area contributed by atoms with Crippen LogP contribution in [0.25, 0.3) is 5.69 Å². The molecule has 44 heavy (non-hydrogen) atoms. The van der Waals surface area contributed by atoms with Crippen LogP contribution in [0.4, 0.5) is 4.39 Å². The minimum atomic E-state index is -2.94. The van der Waals surface area contributed by atoms with Crippen molar-refractivity contribution >= 4 is 9.84 Å². The van der Waals surface area contributed by atoms with E-state index in [2.05, 4.69) is 25.5 Å². The maximum atomic E-state index is 14.4. The molecule has 1 aromatic carbocycles. The molecule has 2 saturated heterocycles. The van der Waals surface area contributed by atoms with E-state index < -0.39 is 41.1 Å². The molecule has 2 aliphatic heterocycles. The van der Waals surface area contributed by atoms with E-state index in [1.54, 1.807) is 10.9 Å². The van der Waals surface area contributed by atoms with Gasteiger partial charge in [0.2, 0.25) is 0 Å². The third kappa shape index (κ3) is 7.67. The number of sulfone groups is 1. The summed E-state index contributed by atoms with van der Waals surface area (Å²) in [5.41, 5.74) is 2.93. The zero-order chi connectivity index (χ0) is 31.4. The summed E-state index contributed by atoms with van der Waals surface area (Å²) in [6.07, 6.45) is 1.61. The third-order valence-electron chi connectivity index (χ3n) is 8.43. The molecule has 0 saturated carbocycles. The molecule has 0 radical (unpaired) electrons. The number of alkyl halides is 1. The number of halogens is 1. The number of aliphatic hydroxyl groups is 2. The average Bonchev–Trinajstić information content (AvgIpc) is 3.67. The molecular formula is C28H41FN8O6S. The number of hydrogen-bond donors (Lipinski definition) is 2. The lowest BCUT2D eigenvalue weighted by atomic mass is 9.99. The van der Waals surface area contributed by atoms with Gasteiger partial charge in [-0.2, -0.15) is 0 Å². The first-order chi connectivity index (χ1) is 21.1. The molecule has 2 aliphatic rings. The highest BCUT2D eigenvalue weighted by Crippen LogP contribution is 2.30. The molecule has 16 heteroatoms. The summed E-state index contributed by atoms with van der Waals surface area (Å²) >= 11 is 0. The van der Waals surface area contributed by atoms with Crippen LogP contribution < -0.4 is 0 Å². The average molecular weight is 637 g/mol. The Morgan fingerprint density at radius 3 is 2.50 bits per heavy atom. The Bertz CT molecular complexity index is 1460. The first-order valence-corrected chi connectivity index (χ1v) is 16.5. The quantitative estimate of drug-likeness (QED) is 0.281. The second-order valence-corrected chi connectivity index (χ2v) is 13.9. The topological polar surface area (TPSA) is 161 Å². The standard InChI is InChI=1S/C28H41FN8O6S/c1-19-14-24(26(38)28(39)43-19)34(2)9-8-21-17-37(33-30-21)25(15-29)27(42-3)20-4-6-23(7-5-20)36-18-22(31-32-36)16-35-10-12-44(40,41)13-11-35/h4-7,17-19,24-28,38-39H,8-16H2,1-3H3/t19-,24+,25-,26-,27-,28-/m1/s1. The largest absolute Gasteiger partial charge is 0.386 e. The van der Waals surface area contributed by atoms with E-state index in [0.717, 1.165) is 16.9 Å². The van der Waals surface area contributed by atoms with Gasteiger partial charge in [0.15, 0.2) is 16.1 Å². The molecule has 14 nitrogen and oxygen atoms in total. The lowest BCUT2D eigenvalue weighted by molar-refractivity contribution is -0.231. The summed E-state index contributed by atoms with van der Waals surface area (Å²) in [7, 11) is 0.458.